The van der Waals surface area contributed by atoms with Crippen molar-refractivity contribution in [1.82, 2.24) is 10.2 Å². The Morgan fingerprint density at radius 3 is 2.20 bits per heavy atom. The van der Waals surface area contributed by atoms with Gasteiger partial charge in [-0.3, -0.25) is 14.4 Å². The maximum absolute atomic E-state index is 13.8. The lowest BCUT2D eigenvalue weighted by Gasteiger charge is -2.30. The van der Waals surface area contributed by atoms with Crippen LogP contribution in [-0.2, 0) is 41.6 Å². The van der Waals surface area contributed by atoms with Gasteiger partial charge in [0.2, 0.25) is 11.8 Å². The molecule has 0 bridgehead atoms. The number of nitrogens with one attached hydrogen (secondary N) is 1. The Morgan fingerprint density at radius 2 is 1.60 bits per heavy atom. The minimum Gasteiger partial charge on any atom is -0.497 e. The average molecular weight is 485 g/mol. The smallest absolute Gasteiger partial charge is 0.329 e. The van der Waals surface area contributed by atoms with Crippen molar-refractivity contribution in [2.24, 2.45) is 5.92 Å². The molecule has 0 aromatic heterocycles. The zero-order chi connectivity index (χ0) is 25.5. The number of methoxy groups -OCH3 is 4. The predicted molar refractivity (Wildman–Crippen MR) is 123 cm³/mol. The van der Waals surface area contributed by atoms with Crippen LogP contribution in [0.5, 0.6) is 11.5 Å². The lowest BCUT2D eigenvalue weighted by Crippen LogP contribution is -2.51. The van der Waals surface area contributed by atoms with Gasteiger partial charge in [-0.2, -0.15) is 0 Å². The number of carbonyl (C=O) groups is 4. The maximum atomic E-state index is 13.8. The second kappa shape index (κ2) is 11.4. The van der Waals surface area contributed by atoms with Crippen molar-refractivity contribution in [2.75, 3.05) is 28.4 Å². The van der Waals surface area contributed by atoms with E-state index < -0.39 is 41.8 Å². The molecule has 3 atom stereocenters. The van der Waals surface area contributed by atoms with Gasteiger partial charge in [0, 0.05) is 18.1 Å². The monoisotopic (exact) mass is 484 g/mol. The van der Waals surface area contributed by atoms with Crippen LogP contribution in [0.25, 0.3) is 0 Å². The molecule has 3 rings (SSSR count). The Bertz CT molecular complexity index is 1090. The lowest BCUT2D eigenvalue weighted by molar-refractivity contribution is -0.161. The highest BCUT2D eigenvalue weighted by Gasteiger charge is 2.50. The third kappa shape index (κ3) is 5.53. The summed E-state index contributed by atoms with van der Waals surface area (Å²) in [5.41, 5.74) is 1.37. The van der Waals surface area contributed by atoms with Crippen molar-refractivity contribution in [1.29, 1.82) is 0 Å². The van der Waals surface area contributed by atoms with Crippen molar-refractivity contribution >= 4 is 23.8 Å². The predicted octanol–water partition coefficient (Wildman–Crippen LogP) is 1.10. The maximum Gasteiger partial charge on any atom is 0.329 e. The molecule has 0 spiro atoms. The van der Waals surface area contributed by atoms with E-state index in [0.717, 1.165) is 19.8 Å². The summed E-state index contributed by atoms with van der Waals surface area (Å²) in [6, 6.07) is 11.6. The first-order chi connectivity index (χ1) is 16.8. The van der Waals surface area contributed by atoms with E-state index in [9.17, 15) is 19.2 Å². The van der Waals surface area contributed by atoms with Gasteiger partial charge in [-0.25, -0.2) is 4.79 Å². The molecule has 1 unspecified atom stereocenters. The molecule has 1 N–H and O–H groups in total. The van der Waals surface area contributed by atoms with Crippen LogP contribution in [0.1, 0.15) is 11.1 Å². The van der Waals surface area contributed by atoms with Crippen LogP contribution in [-0.4, -0.2) is 69.2 Å². The first-order valence-electron chi connectivity index (χ1n) is 10.9. The molecule has 1 heterocycles. The number of hydrogen-bond donors (Lipinski definition) is 1. The fraction of sp³-hybridized carbons (Fsp3) is 0.360. The van der Waals surface area contributed by atoms with Gasteiger partial charge in [0.15, 0.2) is 5.92 Å². The molecule has 0 aliphatic carbocycles. The SMILES string of the molecule is COC(=O)[C@H]1C(=O)N(Cc2ccc(OC)cc2OC)C(Cc2ccccc2)C(=O)N[C@@H]1C(=O)OC. The number of hydrogen-bond acceptors (Lipinski definition) is 8. The Labute approximate surface area is 203 Å². The van der Waals surface area contributed by atoms with E-state index in [1.807, 2.05) is 30.3 Å². The van der Waals surface area contributed by atoms with E-state index in [4.69, 9.17) is 18.9 Å². The standard InChI is InChI=1S/C25H28N2O8/c1-32-17-11-10-16(19(13-17)33-2)14-27-18(12-15-8-6-5-7-9-15)22(28)26-21(25(31)35-4)20(23(27)29)24(30)34-3/h5-11,13,18,20-21H,12,14H2,1-4H3,(H,26,28)/t18?,20-,21+/m1/s1. The summed E-state index contributed by atoms with van der Waals surface area (Å²) >= 11 is 0. The van der Waals surface area contributed by atoms with Crippen LogP contribution < -0.4 is 14.8 Å². The van der Waals surface area contributed by atoms with E-state index in [0.29, 0.717) is 17.1 Å². The molecule has 1 aliphatic rings. The summed E-state index contributed by atoms with van der Waals surface area (Å²) in [5.74, 6) is -3.88. The number of rotatable bonds is 8. The number of benzene rings is 2. The third-order valence-corrected chi connectivity index (χ3v) is 5.88. The fourth-order valence-electron chi connectivity index (χ4n) is 4.03. The summed E-state index contributed by atoms with van der Waals surface area (Å²) in [7, 11) is 5.21. The van der Waals surface area contributed by atoms with Gasteiger partial charge in [0.05, 0.1) is 35.0 Å². The molecule has 1 fully saturated rings. The van der Waals surface area contributed by atoms with Crippen LogP contribution in [0.15, 0.2) is 48.5 Å². The highest BCUT2D eigenvalue weighted by molar-refractivity contribution is 6.07. The van der Waals surface area contributed by atoms with Gasteiger partial charge >= 0.3 is 11.9 Å². The second-order valence-electron chi connectivity index (χ2n) is 7.86. The van der Waals surface area contributed by atoms with Crippen molar-refractivity contribution in [3.63, 3.8) is 0 Å². The summed E-state index contributed by atoms with van der Waals surface area (Å²) in [6.45, 7) is -0.0711. The van der Waals surface area contributed by atoms with Gasteiger partial charge in [-0.1, -0.05) is 30.3 Å². The molecule has 0 saturated carbocycles. The molecule has 0 radical (unpaired) electrons. The third-order valence-electron chi connectivity index (χ3n) is 5.88. The van der Waals surface area contributed by atoms with E-state index in [2.05, 4.69) is 5.32 Å². The highest BCUT2D eigenvalue weighted by Crippen LogP contribution is 2.29. The van der Waals surface area contributed by atoms with Gasteiger partial charge in [-0.15, -0.1) is 0 Å². The minimum atomic E-state index is -1.62. The molecular formula is C25H28N2O8. The van der Waals surface area contributed by atoms with E-state index in [1.165, 1.54) is 19.1 Å². The van der Waals surface area contributed by atoms with Crippen molar-refractivity contribution in [2.45, 2.75) is 25.0 Å². The van der Waals surface area contributed by atoms with Crippen LogP contribution in [0, 0.1) is 5.92 Å². The molecule has 35 heavy (non-hydrogen) atoms. The van der Waals surface area contributed by atoms with Crippen molar-refractivity contribution in [3.05, 3.63) is 59.7 Å². The first kappa shape index (κ1) is 25.5. The number of nitrogens with zero attached hydrogens (tertiary/aromatic N) is 1. The topological polar surface area (TPSA) is 120 Å². The summed E-state index contributed by atoms with van der Waals surface area (Å²) in [6.07, 6.45) is 0.151. The Balaban J connectivity index is 2.11. The first-order valence-corrected chi connectivity index (χ1v) is 10.9. The van der Waals surface area contributed by atoms with Gasteiger partial charge in [-0.05, 0) is 17.7 Å². The number of esters is 2. The second-order valence-corrected chi connectivity index (χ2v) is 7.86. The Kier molecular flexibility index (Phi) is 8.30. The summed E-state index contributed by atoms with van der Waals surface area (Å²) < 4.78 is 20.3. The summed E-state index contributed by atoms with van der Waals surface area (Å²) in [4.78, 5) is 53.6. The molecule has 2 aromatic carbocycles. The molecule has 10 heteroatoms. The molecule has 2 amide bonds. The molecule has 186 valence electrons. The minimum absolute atomic E-state index is 0.0711. The Morgan fingerprint density at radius 1 is 0.914 bits per heavy atom. The quantitative estimate of drug-likeness (QED) is 0.437. The number of ether oxygens (including phenoxy) is 4. The zero-order valence-electron chi connectivity index (χ0n) is 20.0. The average Bonchev–Trinajstić information content (AvgIpc) is 2.98. The Hall–Kier alpha value is -4.08. The van der Waals surface area contributed by atoms with Gasteiger partial charge < -0.3 is 29.2 Å². The molecular weight excluding hydrogens is 456 g/mol. The van der Waals surface area contributed by atoms with Crippen molar-refractivity contribution < 1.29 is 38.1 Å². The van der Waals surface area contributed by atoms with Crippen LogP contribution in [0.2, 0.25) is 0 Å². The number of amides is 2. The van der Waals surface area contributed by atoms with Crippen LogP contribution in [0.4, 0.5) is 0 Å². The van der Waals surface area contributed by atoms with Gasteiger partial charge in [0.1, 0.15) is 23.6 Å². The van der Waals surface area contributed by atoms with Gasteiger partial charge in [0.25, 0.3) is 0 Å². The lowest BCUT2D eigenvalue weighted by atomic mass is 9.97. The zero-order valence-corrected chi connectivity index (χ0v) is 20.0. The highest BCUT2D eigenvalue weighted by atomic mass is 16.5. The molecule has 2 aromatic rings. The number of carbonyl (C=O) groups excluding carboxylic acids is 4. The molecule has 1 saturated heterocycles. The van der Waals surface area contributed by atoms with E-state index in [-0.39, 0.29) is 13.0 Å². The van der Waals surface area contributed by atoms with E-state index >= 15 is 0 Å². The van der Waals surface area contributed by atoms with Crippen molar-refractivity contribution in [3.8, 4) is 11.5 Å². The van der Waals surface area contributed by atoms with E-state index in [1.54, 1.807) is 18.2 Å². The van der Waals surface area contributed by atoms with Crippen LogP contribution >= 0.6 is 0 Å². The fourth-order valence-corrected chi connectivity index (χ4v) is 4.03. The summed E-state index contributed by atoms with van der Waals surface area (Å²) in [5, 5.41) is 2.53. The van der Waals surface area contributed by atoms with Crippen LogP contribution in [0.3, 0.4) is 0 Å². The normalized spacial score (nSPS) is 19.9. The largest absolute Gasteiger partial charge is 0.497 e. The molecule has 1 aliphatic heterocycles. The molecule has 10 nitrogen and oxygen atoms in total.